The van der Waals surface area contributed by atoms with Crippen LogP contribution in [0.1, 0.15) is 46.0 Å². The van der Waals surface area contributed by atoms with Crippen LogP contribution in [-0.4, -0.2) is 44.2 Å². The standard InChI is InChI=1S/C21H34FNO3/c1-16(2)18(4)20(15-17(3)22)26-14-13-25-12-11-23(5)21(24)19-9-7-6-8-10-19/h15-16,19H,3-4,6-14H2,1-2,5H3/b20-15+. The van der Waals surface area contributed by atoms with Gasteiger partial charge in [-0.3, -0.25) is 4.79 Å². The van der Waals surface area contributed by atoms with Gasteiger partial charge in [-0.05, 0) is 24.3 Å². The maximum atomic E-state index is 13.1. The molecule has 0 aromatic heterocycles. The Labute approximate surface area is 157 Å². The Morgan fingerprint density at radius 3 is 2.42 bits per heavy atom. The molecule has 0 radical (unpaired) electrons. The summed E-state index contributed by atoms with van der Waals surface area (Å²) in [5.74, 6) is 0.400. The van der Waals surface area contributed by atoms with Crippen LogP contribution in [0.2, 0.25) is 0 Å². The summed E-state index contributed by atoms with van der Waals surface area (Å²) in [7, 11) is 1.83. The molecule has 1 rings (SSSR count). The first-order valence-electron chi connectivity index (χ1n) is 9.53. The third kappa shape index (κ3) is 8.17. The zero-order valence-corrected chi connectivity index (χ0v) is 16.6. The summed E-state index contributed by atoms with van der Waals surface area (Å²) in [6.07, 6.45) is 6.81. The van der Waals surface area contributed by atoms with Gasteiger partial charge in [-0.2, -0.15) is 0 Å². The largest absolute Gasteiger partial charge is 0.491 e. The molecule has 0 atom stereocenters. The maximum absolute atomic E-state index is 13.1. The Kier molecular flexibility index (Phi) is 10.3. The van der Waals surface area contributed by atoms with Gasteiger partial charge < -0.3 is 14.4 Å². The summed E-state index contributed by atoms with van der Waals surface area (Å²) in [4.78, 5) is 14.1. The average molecular weight is 368 g/mol. The molecule has 0 bridgehead atoms. The first-order chi connectivity index (χ1) is 12.3. The minimum absolute atomic E-state index is 0.154. The molecule has 0 aliphatic heterocycles. The van der Waals surface area contributed by atoms with Crippen molar-refractivity contribution in [3.63, 3.8) is 0 Å². The molecule has 0 saturated heterocycles. The van der Waals surface area contributed by atoms with Gasteiger partial charge in [-0.1, -0.05) is 46.3 Å². The lowest BCUT2D eigenvalue weighted by Gasteiger charge is -2.26. The molecule has 26 heavy (non-hydrogen) atoms. The van der Waals surface area contributed by atoms with Crippen molar-refractivity contribution < 1.29 is 18.7 Å². The number of amides is 1. The molecule has 4 nitrogen and oxygen atoms in total. The molecule has 0 spiro atoms. The molecule has 0 aromatic carbocycles. The number of carbonyl (C=O) groups is 1. The van der Waals surface area contributed by atoms with E-state index in [-0.39, 0.29) is 17.7 Å². The molecule has 1 saturated carbocycles. The van der Waals surface area contributed by atoms with E-state index in [1.165, 1.54) is 12.5 Å². The second kappa shape index (κ2) is 11.9. The van der Waals surface area contributed by atoms with E-state index in [1.807, 2.05) is 20.9 Å². The van der Waals surface area contributed by atoms with Crippen molar-refractivity contribution >= 4 is 5.91 Å². The average Bonchev–Trinajstić information content (AvgIpc) is 2.62. The van der Waals surface area contributed by atoms with Gasteiger partial charge in [0.2, 0.25) is 5.91 Å². The van der Waals surface area contributed by atoms with Crippen LogP contribution in [0.15, 0.2) is 36.4 Å². The quantitative estimate of drug-likeness (QED) is 0.303. The Balaban J connectivity index is 2.25. The zero-order chi connectivity index (χ0) is 19.5. The van der Waals surface area contributed by atoms with Crippen molar-refractivity contribution in [2.45, 2.75) is 46.0 Å². The lowest BCUT2D eigenvalue weighted by molar-refractivity contribution is -0.135. The van der Waals surface area contributed by atoms with Crippen molar-refractivity contribution in [2.24, 2.45) is 11.8 Å². The topological polar surface area (TPSA) is 38.8 Å². The summed E-state index contributed by atoms with van der Waals surface area (Å²) in [5.41, 5.74) is 0.724. The number of hydrogen-bond donors (Lipinski definition) is 0. The Bertz CT molecular complexity index is 507. The summed E-state index contributed by atoms with van der Waals surface area (Å²) in [6, 6.07) is 0. The second-order valence-electron chi connectivity index (χ2n) is 7.19. The van der Waals surface area contributed by atoms with Crippen molar-refractivity contribution in [1.82, 2.24) is 4.90 Å². The van der Waals surface area contributed by atoms with Crippen LogP contribution < -0.4 is 0 Å². The van der Waals surface area contributed by atoms with Gasteiger partial charge in [0.15, 0.2) is 0 Å². The summed E-state index contributed by atoms with van der Waals surface area (Å²) >= 11 is 0. The molecule has 0 N–H and O–H groups in total. The molecule has 0 aromatic rings. The van der Waals surface area contributed by atoms with Crippen molar-refractivity contribution in [3.8, 4) is 0 Å². The van der Waals surface area contributed by atoms with Gasteiger partial charge in [0, 0.05) is 25.6 Å². The highest BCUT2D eigenvalue weighted by Gasteiger charge is 2.23. The molecular weight excluding hydrogens is 333 g/mol. The molecule has 1 aliphatic rings. The Hall–Kier alpha value is -1.62. The van der Waals surface area contributed by atoms with E-state index in [4.69, 9.17) is 9.47 Å². The van der Waals surface area contributed by atoms with E-state index in [0.29, 0.717) is 32.1 Å². The lowest BCUT2D eigenvalue weighted by Crippen LogP contribution is -2.36. The molecule has 5 heteroatoms. The normalized spacial score (nSPS) is 15.8. The fourth-order valence-corrected chi connectivity index (χ4v) is 2.94. The fourth-order valence-electron chi connectivity index (χ4n) is 2.94. The molecule has 1 aliphatic carbocycles. The van der Waals surface area contributed by atoms with Crippen LogP contribution in [0.4, 0.5) is 4.39 Å². The van der Waals surface area contributed by atoms with Crippen LogP contribution >= 0.6 is 0 Å². The van der Waals surface area contributed by atoms with Gasteiger partial charge in [0.05, 0.1) is 13.2 Å². The maximum Gasteiger partial charge on any atom is 0.225 e. The highest BCUT2D eigenvalue weighted by atomic mass is 19.1. The third-order valence-corrected chi connectivity index (χ3v) is 4.69. The SMILES string of the molecule is C=C(F)/C=C(/OCCOCCN(C)C(=O)C1CCCCC1)C(=C)C(C)C. The molecule has 1 amide bonds. The number of halogens is 1. The van der Waals surface area contributed by atoms with Gasteiger partial charge in [0.1, 0.15) is 18.2 Å². The smallest absolute Gasteiger partial charge is 0.225 e. The molecule has 148 valence electrons. The Morgan fingerprint density at radius 1 is 1.19 bits per heavy atom. The minimum Gasteiger partial charge on any atom is -0.491 e. The number of nitrogens with zero attached hydrogens (tertiary/aromatic N) is 1. The van der Waals surface area contributed by atoms with E-state index >= 15 is 0 Å². The zero-order valence-electron chi connectivity index (χ0n) is 16.6. The molecule has 1 fully saturated rings. The Morgan fingerprint density at radius 2 is 1.85 bits per heavy atom. The first kappa shape index (κ1) is 22.4. The van der Waals surface area contributed by atoms with Crippen LogP contribution in [0.5, 0.6) is 0 Å². The summed E-state index contributed by atoms with van der Waals surface area (Å²) in [5, 5.41) is 0. The van der Waals surface area contributed by atoms with Crippen LogP contribution in [0, 0.1) is 11.8 Å². The number of allylic oxidation sites excluding steroid dienone is 3. The van der Waals surface area contributed by atoms with Crippen molar-refractivity contribution in [2.75, 3.05) is 33.4 Å². The number of ether oxygens (including phenoxy) is 2. The highest BCUT2D eigenvalue weighted by Crippen LogP contribution is 2.25. The molecule has 0 heterocycles. The van der Waals surface area contributed by atoms with Gasteiger partial charge in [-0.25, -0.2) is 4.39 Å². The monoisotopic (exact) mass is 367 g/mol. The predicted molar refractivity (Wildman–Crippen MR) is 103 cm³/mol. The first-order valence-corrected chi connectivity index (χ1v) is 9.53. The second-order valence-corrected chi connectivity index (χ2v) is 7.19. The number of hydrogen-bond acceptors (Lipinski definition) is 3. The summed E-state index contributed by atoms with van der Waals surface area (Å²) < 4.78 is 24.2. The van der Waals surface area contributed by atoms with E-state index in [0.717, 1.165) is 31.3 Å². The minimum atomic E-state index is -0.564. The van der Waals surface area contributed by atoms with E-state index in [1.54, 1.807) is 4.90 Å². The van der Waals surface area contributed by atoms with Gasteiger partial charge in [-0.15, -0.1) is 0 Å². The lowest BCUT2D eigenvalue weighted by atomic mass is 9.88. The van der Waals surface area contributed by atoms with E-state index in [2.05, 4.69) is 13.2 Å². The number of rotatable bonds is 11. The van der Waals surface area contributed by atoms with Gasteiger partial charge >= 0.3 is 0 Å². The van der Waals surface area contributed by atoms with E-state index in [9.17, 15) is 9.18 Å². The number of likely N-dealkylation sites (N-methyl/N-ethyl adjacent to an activating group) is 1. The molecular formula is C21H34FNO3. The van der Waals surface area contributed by atoms with Crippen molar-refractivity contribution in [3.05, 3.63) is 36.4 Å². The van der Waals surface area contributed by atoms with Gasteiger partial charge in [0.25, 0.3) is 0 Å². The third-order valence-electron chi connectivity index (χ3n) is 4.69. The molecule has 0 unspecified atom stereocenters. The van der Waals surface area contributed by atoms with E-state index < -0.39 is 5.83 Å². The number of carbonyl (C=O) groups excluding carboxylic acids is 1. The van der Waals surface area contributed by atoms with Crippen LogP contribution in [0.3, 0.4) is 0 Å². The predicted octanol–water partition coefficient (Wildman–Crippen LogP) is 4.64. The van der Waals surface area contributed by atoms with Crippen LogP contribution in [0.25, 0.3) is 0 Å². The summed E-state index contributed by atoms with van der Waals surface area (Å²) in [6.45, 7) is 12.8. The highest BCUT2D eigenvalue weighted by molar-refractivity contribution is 5.78. The van der Waals surface area contributed by atoms with Crippen LogP contribution in [-0.2, 0) is 14.3 Å². The fraction of sp³-hybridized carbons (Fsp3) is 0.667. The van der Waals surface area contributed by atoms with Crippen molar-refractivity contribution in [1.29, 1.82) is 0 Å².